The maximum Gasteiger partial charge on any atom is 0.220 e. The Labute approximate surface area is 146 Å². The Kier molecular flexibility index (Phi) is 5.18. The van der Waals surface area contributed by atoms with E-state index in [9.17, 15) is 4.79 Å². The third-order valence-electron chi connectivity index (χ3n) is 4.03. The lowest BCUT2D eigenvalue weighted by atomic mass is 10.1. The third-order valence-corrected chi connectivity index (χ3v) is 4.03. The van der Waals surface area contributed by atoms with Crippen LogP contribution in [0.5, 0.6) is 11.5 Å². The number of fused-ring (bicyclic) bond motifs is 1. The first-order chi connectivity index (χ1) is 12.2. The molecule has 0 spiro atoms. The van der Waals surface area contributed by atoms with Crippen molar-refractivity contribution in [2.45, 2.75) is 19.4 Å². The molecule has 0 aliphatic heterocycles. The van der Waals surface area contributed by atoms with Crippen LogP contribution in [0, 0.1) is 0 Å². The molecule has 0 atom stereocenters. The van der Waals surface area contributed by atoms with Crippen molar-refractivity contribution in [1.29, 1.82) is 0 Å². The number of aryl methyl sites for hydroxylation is 1. The number of H-pyrrole nitrogens is 1. The van der Waals surface area contributed by atoms with E-state index < -0.39 is 0 Å². The highest BCUT2D eigenvalue weighted by Crippen LogP contribution is 2.22. The number of nitrogens with zero attached hydrogens (tertiary/aromatic N) is 1. The molecule has 3 aromatic rings. The SMILES string of the molecule is COc1cc(CNC(=O)CCc2ccc3nc[nH]c3c2)cc(OC)c1. The Morgan fingerprint density at radius 2 is 1.84 bits per heavy atom. The molecule has 2 N–H and O–H groups in total. The van der Waals surface area contributed by atoms with Crippen molar-refractivity contribution in [1.82, 2.24) is 15.3 Å². The maximum atomic E-state index is 12.1. The monoisotopic (exact) mass is 339 g/mol. The zero-order valence-electron chi connectivity index (χ0n) is 14.3. The summed E-state index contributed by atoms with van der Waals surface area (Å²) in [5, 5.41) is 2.93. The van der Waals surface area contributed by atoms with Crippen molar-refractivity contribution < 1.29 is 14.3 Å². The number of hydrogen-bond donors (Lipinski definition) is 2. The predicted octanol–water partition coefficient (Wildman–Crippen LogP) is 2.83. The zero-order chi connectivity index (χ0) is 17.6. The highest BCUT2D eigenvalue weighted by Gasteiger charge is 2.06. The van der Waals surface area contributed by atoms with Gasteiger partial charge in [-0.3, -0.25) is 4.79 Å². The summed E-state index contributed by atoms with van der Waals surface area (Å²) in [4.78, 5) is 19.4. The van der Waals surface area contributed by atoms with Gasteiger partial charge in [0.25, 0.3) is 0 Å². The Bertz CT molecular complexity index is 851. The minimum Gasteiger partial charge on any atom is -0.497 e. The van der Waals surface area contributed by atoms with E-state index in [1.54, 1.807) is 26.6 Å². The molecule has 3 rings (SSSR count). The summed E-state index contributed by atoms with van der Waals surface area (Å²) in [5.41, 5.74) is 3.96. The Hall–Kier alpha value is -3.02. The number of amides is 1. The highest BCUT2D eigenvalue weighted by atomic mass is 16.5. The summed E-state index contributed by atoms with van der Waals surface area (Å²) >= 11 is 0. The molecule has 0 bridgehead atoms. The number of benzene rings is 2. The van der Waals surface area contributed by atoms with Crippen molar-refractivity contribution >= 4 is 16.9 Å². The highest BCUT2D eigenvalue weighted by molar-refractivity contribution is 5.77. The average molecular weight is 339 g/mol. The van der Waals surface area contributed by atoms with Gasteiger partial charge in [0.1, 0.15) is 11.5 Å². The number of imidazole rings is 1. The molecule has 6 heteroatoms. The van der Waals surface area contributed by atoms with Gasteiger partial charge in [0, 0.05) is 19.0 Å². The Balaban J connectivity index is 1.54. The van der Waals surface area contributed by atoms with Gasteiger partial charge in [0.2, 0.25) is 5.91 Å². The van der Waals surface area contributed by atoms with E-state index in [1.807, 2.05) is 30.3 Å². The second-order valence-electron chi connectivity index (χ2n) is 5.75. The molecule has 6 nitrogen and oxygen atoms in total. The lowest BCUT2D eigenvalue weighted by Gasteiger charge is -2.10. The number of carbonyl (C=O) groups is 1. The van der Waals surface area contributed by atoms with Gasteiger partial charge in [-0.15, -0.1) is 0 Å². The number of ether oxygens (including phenoxy) is 2. The molecular formula is C19H21N3O3. The van der Waals surface area contributed by atoms with Gasteiger partial charge in [-0.05, 0) is 41.8 Å². The van der Waals surface area contributed by atoms with Crippen LogP contribution in [0.1, 0.15) is 17.5 Å². The van der Waals surface area contributed by atoms with Crippen molar-refractivity contribution in [2.75, 3.05) is 14.2 Å². The van der Waals surface area contributed by atoms with Crippen LogP contribution in [0.15, 0.2) is 42.7 Å². The average Bonchev–Trinajstić information content (AvgIpc) is 3.12. The minimum absolute atomic E-state index is 0.00601. The lowest BCUT2D eigenvalue weighted by molar-refractivity contribution is -0.121. The molecule has 2 aromatic carbocycles. The first kappa shape index (κ1) is 16.8. The molecule has 0 unspecified atom stereocenters. The number of hydrogen-bond acceptors (Lipinski definition) is 4. The van der Waals surface area contributed by atoms with Crippen molar-refractivity contribution in [3.8, 4) is 11.5 Å². The molecule has 0 aliphatic rings. The first-order valence-corrected chi connectivity index (χ1v) is 8.08. The molecule has 1 heterocycles. The fourth-order valence-electron chi connectivity index (χ4n) is 2.65. The van der Waals surface area contributed by atoms with Crippen molar-refractivity contribution in [3.05, 3.63) is 53.9 Å². The Morgan fingerprint density at radius 1 is 1.08 bits per heavy atom. The van der Waals surface area contributed by atoms with Gasteiger partial charge in [-0.1, -0.05) is 6.07 Å². The largest absolute Gasteiger partial charge is 0.497 e. The molecule has 0 radical (unpaired) electrons. The van der Waals surface area contributed by atoms with E-state index in [-0.39, 0.29) is 5.91 Å². The molecule has 130 valence electrons. The van der Waals surface area contributed by atoms with Gasteiger partial charge in [-0.2, -0.15) is 0 Å². The quantitative estimate of drug-likeness (QED) is 0.694. The molecule has 0 aliphatic carbocycles. The van der Waals surface area contributed by atoms with Crippen LogP contribution in [0.3, 0.4) is 0 Å². The normalized spacial score (nSPS) is 10.6. The van der Waals surface area contributed by atoms with Crippen LogP contribution < -0.4 is 14.8 Å². The molecule has 0 saturated heterocycles. The molecule has 25 heavy (non-hydrogen) atoms. The summed E-state index contributed by atoms with van der Waals surface area (Å²) in [6.07, 6.45) is 2.78. The van der Waals surface area contributed by atoms with Crippen LogP contribution in [-0.4, -0.2) is 30.1 Å². The van der Waals surface area contributed by atoms with Crippen LogP contribution in [-0.2, 0) is 17.8 Å². The fourth-order valence-corrected chi connectivity index (χ4v) is 2.65. The summed E-state index contributed by atoms with van der Waals surface area (Å²) in [6, 6.07) is 11.6. The number of carbonyl (C=O) groups excluding carboxylic acids is 1. The second-order valence-corrected chi connectivity index (χ2v) is 5.75. The number of rotatable bonds is 7. The molecule has 0 fully saturated rings. The van der Waals surface area contributed by atoms with E-state index in [1.165, 1.54) is 0 Å². The molecule has 1 aromatic heterocycles. The number of aromatic amines is 1. The second kappa shape index (κ2) is 7.70. The summed E-state index contributed by atoms with van der Waals surface area (Å²) in [6.45, 7) is 0.436. The van der Waals surface area contributed by atoms with Crippen molar-refractivity contribution in [3.63, 3.8) is 0 Å². The predicted molar refractivity (Wildman–Crippen MR) is 95.8 cm³/mol. The third kappa shape index (κ3) is 4.29. The smallest absolute Gasteiger partial charge is 0.220 e. The van der Waals surface area contributed by atoms with Crippen molar-refractivity contribution in [2.24, 2.45) is 0 Å². The van der Waals surface area contributed by atoms with E-state index in [0.717, 1.165) is 22.2 Å². The van der Waals surface area contributed by atoms with Gasteiger partial charge in [0.05, 0.1) is 31.6 Å². The zero-order valence-corrected chi connectivity index (χ0v) is 14.3. The van der Waals surface area contributed by atoms with E-state index in [0.29, 0.717) is 30.9 Å². The standard InChI is InChI=1S/C19H21N3O3/c1-24-15-7-14(8-16(10-15)25-2)11-20-19(23)6-4-13-3-5-17-18(9-13)22-12-21-17/h3,5,7-10,12H,4,6,11H2,1-2H3,(H,20,23)(H,21,22). The topological polar surface area (TPSA) is 76.2 Å². The van der Waals surface area contributed by atoms with Gasteiger partial charge >= 0.3 is 0 Å². The number of methoxy groups -OCH3 is 2. The number of nitrogens with one attached hydrogen (secondary N) is 2. The van der Waals surface area contributed by atoms with Crippen LogP contribution in [0.2, 0.25) is 0 Å². The first-order valence-electron chi connectivity index (χ1n) is 8.08. The lowest BCUT2D eigenvalue weighted by Crippen LogP contribution is -2.23. The van der Waals surface area contributed by atoms with Gasteiger partial charge < -0.3 is 19.8 Å². The molecular weight excluding hydrogens is 318 g/mol. The van der Waals surface area contributed by atoms with Crippen LogP contribution in [0.4, 0.5) is 0 Å². The maximum absolute atomic E-state index is 12.1. The Morgan fingerprint density at radius 3 is 2.56 bits per heavy atom. The van der Waals surface area contributed by atoms with E-state index in [2.05, 4.69) is 15.3 Å². The van der Waals surface area contributed by atoms with Gasteiger partial charge in [0.15, 0.2) is 0 Å². The summed E-state index contributed by atoms with van der Waals surface area (Å²) < 4.78 is 10.5. The number of aromatic nitrogens is 2. The van der Waals surface area contributed by atoms with Crippen LogP contribution in [0.25, 0.3) is 11.0 Å². The molecule has 0 saturated carbocycles. The minimum atomic E-state index is 0.00601. The molecule has 1 amide bonds. The van der Waals surface area contributed by atoms with Crippen LogP contribution >= 0.6 is 0 Å². The van der Waals surface area contributed by atoms with E-state index in [4.69, 9.17) is 9.47 Å². The summed E-state index contributed by atoms with van der Waals surface area (Å²) in [7, 11) is 3.21. The van der Waals surface area contributed by atoms with Gasteiger partial charge in [-0.25, -0.2) is 4.98 Å². The van der Waals surface area contributed by atoms with E-state index >= 15 is 0 Å². The summed E-state index contributed by atoms with van der Waals surface area (Å²) in [5.74, 6) is 1.42. The fraction of sp³-hybridized carbons (Fsp3) is 0.263.